The molecule has 8 heteroatoms. The molecule has 1 aliphatic rings. The lowest BCUT2D eigenvalue weighted by Gasteiger charge is -2.26. The first-order valence-corrected chi connectivity index (χ1v) is 9.52. The van der Waals surface area contributed by atoms with Crippen molar-refractivity contribution in [2.24, 2.45) is 7.05 Å². The Morgan fingerprint density at radius 3 is 2.67 bits per heavy atom. The van der Waals surface area contributed by atoms with Gasteiger partial charge in [-0.25, -0.2) is 13.8 Å². The third kappa shape index (κ3) is 3.10. The fraction of sp³-hybridized carbons (Fsp3) is 0.182. The molecule has 0 fully saturated rings. The van der Waals surface area contributed by atoms with Crippen LogP contribution in [0.2, 0.25) is 0 Å². The number of rotatable bonds is 2. The van der Waals surface area contributed by atoms with Gasteiger partial charge in [0.2, 0.25) is 0 Å². The molecule has 4 aromatic rings. The summed E-state index contributed by atoms with van der Waals surface area (Å²) in [5.74, 6) is -1.45. The van der Waals surface area contributed by atoms with Crippen LogP contribution in [0.5, 0.6) is 0 Å². The van der Waals surface area contributed by atoms with E-state index in [0.29, 0.717) is 42.0 Å². The average Bonchev–Trinajstić information content (AvgIpc) is 3.07. The number of hydrogen-bond acceptors (Lipinski definition) is 4. The van der Waals surface area contributed by atoms with Gasteiger partial charge in [0, 0.05) is 37.0 Å². The second-order valence-electron chi connectivity index (χ2n) is 7.27. The summed E-state index contributed by atoms with van der Waals surface area (Å²) >= 11 is 0. The molecule has 1 aliphatic heterocycles. The Balaban J connectivity index is 1.46. The van der Waals surface area contributed by atoms with E-state index >= 15 is 0 Å². The Labute approximate surface area is 170 Å². The number of aryl methyl sites for hydroxylation is 1. The molecule has 30 heavy (non-hydrogen) atoms. The Morgan fingerprint density at radius 2 is 1.87 bits per heavy atom. The highest BCUT2D eigenvalue weighted by Crippen LogP contribution is 2.31. The maximum atomic E-state index is 13.7. The van der Waals surface area contributed by atoms with E-state index < -0.39 is 11.6 Å². The average molecular weight is 405 g/mol. The number of aromatic nitrogens is 4. The summed E-state index contributed by atoms with van der Waals surface area (Å²) in [5.41, 5.74) is 4.47. The SMILES string of the molecule is Cn1nc2c(c1-c1cc(F)cc(F)c1)CCN(C(=O)c1ccc3ncccc3n1)C2. The second-order valence-corrected chi connectivity index (χ2v) is 7.27. The fourth-order valence-electron chi connectivity index (χ4n) is 3.98. The van der Waals surface area contributed by atoms with Crippen LogP contribution in [0.4, 0.5) is 8.78 Å². The second kappa shape index (κ2) is 6.98. The third-order valence-electron chi connectivity index (χ3n) is 5.30. The van der Waals surface area contributed by atoms with Crippen LogP contribution < -0.4 is 0 Å². The van der Waals surface area contributed by atoms with Crippen molar-refractivity contribution in [1.82, 2.24) is 24.6 Å². The molecular formula is C22H17F2N5O. The maximum absolute atomic E-state index is 13.7. The molecule has 5 rings (SSSR count). The van der Waals surface area contributed by atoms with E-state index in [1.807, 2.05) is 6.07 Å². The van der Waals surface area contributed by atoms with Gasteiger partial charge in [0.05, 0.1) is 29.0 Å². The Bertz CT molecular complexity index is 1280. The van der Waals surface area contributed by atoms with Crippen molar-refractivity contribution in [2.45, 2.75) is 13.0 Å². The van der Waals surface area contributed by atoms with E-state index in [9.17, 15) is 13.6 Å². The molecule has 0 spiro atoms. The predicted octanol–water partition coefficient (Wildman–Crippen LogP) is 3.51. The normalized spacial score (nSPS) is 13.5. The number of fused-ring (bicyclic) bond motifs is 2. The van der Waals surface area contributed by atoms with Gasteiger partial charge in [0.15, 0.2) is 0 Å². The Kier molecular flexibility index (Phi) is 4.27. The lowest BCUT2D eigenvalue weighted by Crippen LogP contribution is -2.36. The van der Waals surface area contributed by atoms with Gasteiger partial charge in [-0.15, -0.1) is 0 Å². The van der Waals surface area contributed by atoms with E-state index in [2.05, 4.69) is 15.1 Å². The highest BCUT2D eigenvalue weighted by Gasteiger charge is 2.28. The lowest BCUT2D eigenvalue weighted by atomic mass is 9.99. The molecule has 0 unspecified atom stereocenters. The molecule has 0 saturated carbocycles. The first-order valence-electron chi connectivity index (χ1n) is 9.52. The largest absolute Gasteiger partial charge is 0.331 e. The topological polar surface area (TPSA) is 63.9 Å². The highest BCUT2D eigenvalue weighted by atomic mass is 19.1. The molecule has 1 aromatic carbocycles. The van der Waals surface area contributed by atoms with Crippen molar-refractivity contribution < 1.29 is 13.6 Å². The zero-order valence-corrected chi connectivity index (χ0v) is 16.1. The minimum Gasteiger partial charge on any atom is -0.331 e. The molecule has 0 atom stereocenters. The van der Waals surface area contributed by atoms with E-state index in [0.717, 1.165) is 22.8 Å². The summed E-state index contributed by atoms with van der Waals surface area (Å²) in [4.78, 5) is 23.4. The Hall–Kier alpha value is -3.68. The molecule has 0 aliphatic carbocycles. The number of benzene rings is 1. The van der Waals surface area contributed by atoms with E-state index in [-0.39, 0.29) is 5.91 Å². The van der Waals surface area contributed by atoms with Gasteiger partial charge >= 0.3 is 0 Å². The molecule has 0 saturated heterocycles. The predicted molar refractivity (Wildman–Crippen MR) is 107 cm³/mol. The number of pyridine rings is 2. The van der Waals surface area contributed by atoms with E-state index in [1.54, 1.807) is 41.0 Å². The van der Waals surface area contributed by atoms with Crippen molar-refractivity contribution in [3.8, 4) is 11.3 Å². The third-order valence-corrected chi connectivity index (χ3v) is 5.30. The summed E-state index contributed by atoms with van der Waals surface area (Å²) in [5, 5.41) is 4.51. The van der Waals surface area contributed by atoms with Crippen molar-refractivity contribution in [1.29, 1.82) is 0 Å². The van der Waals surface area contributed by atoms with Crippen LogP contribution in [0.1, 0.15) is 21.7 Å². The van der Waals surface area contributed by atoms with Crippen LogP contribution in [-0.4, -0.2) is 37.1 Å². The van der Waals surface area contributed by atoms with Gasteiger partial charge in [-0.2, -0.15) is 5.10 Å². The summed E-state index contributed by atoms with van der Waals surface area (Å²) in [7, 11) is 1.74. The van der Waals surface area contributed by atoms with Crippen molar-refractivity contribution in [3.63, 3.8) is 0 Å². The number of nitrogens with zero attached hydrogens (tertiary/aromatic N) is 5. The summed E-state index contributed by atoms with van der Waals surface area (Å²) in [6.07, 6.45) is 2.22. The molecule has 0 radical (unpaired) electrons. The highest BCUT2D eigenvalue weighted by molar-refractivity contribution is 5.94. The van der Waals surface area contributed by atoms with Crippen molar-refractivity contribution in [2.75, 3.05) is 6.54 Å². The molecule has 0 bridgehead atoms. The first kappa shape index (κ1) is 18.4. The molecule has 150 valence electrons. The maximum Gasteiger partial charge on any atom is 0.272 e. The standard InChI is InChI=1S/C22H17F2N5O/c1-28-21(13-9-14(23)11-15(24)10-13)16-6-8-29(12-20(16)27-28)22(30)19-5-4-17-18(26-19)3-2-7-25-17/h2-5,7,9-11H,6,8,12H2,1H3. The van der Waals surface area contributed by atoms with Gasteiger partial charge in [-0.05, 0) is 42.8 Å². The lowest BCUT2D eigenvalue weighted by molar-refractivity contribution is 0.0727. The molecule has 3 aromatic heterocycles. The van der Waals surface area contributed by atoms with Crippen LogP contribution >= 0.6 is 0 Å². The molecule has 4 heterocycles. The van der Waals surface area contributed by atoms with Gasteiger partial charge in [-0.1, -0.05) is 0 Å². The molecule has 1 amide bonds. The molecule has 6 nitrogen and oxygen atoms in total. The van der Waals surface area contributed by atoms with Crippen LogP contribution in [0, 0.1) is 11.6 Å². The first-order chi connectivity index (χ1) is 14.5. The van der Waals surface area contributed by atoms with Crippen LogP contribution in [0.3, 0.4) is 0 Å². The minimum atomic E-state index is -0.635. The fourth-order valence-corrected chi connectivity index (χ4v) is 3.98. The minimum absolute atomic E-state index is 0.185. The van der Waals surface area contributed by atoms with Gasteiger partial charge in [-0.3, -0.25) is 14.5 Å². The van der Waals surface area contributed by atoms with Gasteiger partial charge in [0.25, 0.3) is 5.91 Å². The number of halogens is 2. The van der Waals surface area contributed by atoms with Gasteiger partial charge < -0.3 is 4.90 Å². The van der Waals surface area contributed by atoms with Crippen LogP contribution in [-0.2, 0) is 20.0 Å². The molecular weight excluding hydrogens is 388 g/mol. The quantitative estimate of drug-likeness (QED) is 0.512. The van der Waals surface area contributed by atoms with Crippen molar-refractivity contribution >= 4 is 16.9 Å². The zero-order valence-electron chi connectivity index (χ0n) is 16.1. The number of amides is 1. The van der Waals surface area contributed by atoms with Crippen molar-refractivity contribution in [3.05, 3.63) is 77.2 Å². The summed E-state index contributed by atoms with van der Waals surface area (Å²) in [6, 6.07) is 10.5. The smallest absolute Gasteiger partial charge is 0.272 e. The monoisotopic (exact) mass is 405 g/mol. The molecule has 0 N–H and O–H groups in total. The van der Waals surface area contributed by atoms with Crippen LogP contribution in [0.25, 0.3) is 22.3 Å². The number of carbonyl (C=O) groups excluding carboxylic acids is 1. The van der Waals surface area contributed by atoms with Crippen LogP contribution in [0.15, 0.2) is 48.7 Å². The number of hydrogen-bond donors (Lipinski definition) is 0. The van der Waals surface area contributed by atoms with Gasteiger partial charge in [0.1, 0.15) is 17.3 Å². The van der Waals surface area contributed by atoms with E-state index in [1.165, 1.54) is 12.1 Å². The Morgan fingerprint density at radius 1 is 1.07 bits per heavy atom. The number of carbonyl (C=O) groups is 1. The summed E-state index contributed by atoms with van der Waals surface area (Å²) < 4.78 is 29.1. The zero-order chi connectivity index (χ0) is 20.8. The summed E-state index contributed by atoms with van der Waals surface area (Å²) in [6.45, 7) is 0.779. The van der Waals surface area contributed by atoms with E-state index in [4.69, 9.17) is 0 Å².